The van der Waals surface area contributed by atoms with Crippen molar-refractivity contribution in [3.05, 3.63) is 0 Å². The van der Waals surface area contributed by atoms with Gasteiger partial charge in [0.25, 0.3) is 0 Å². The van der Waals surface area contributed by atoms with Gasteiger partial charge in [0.2, 0.25) is 0 Å². The van der Waals surface area contributed by atoms with Crippen molar-refractivity contribution in [3.63, 3.8) is 0 Å². The third kappa shape index (κ3) is 5.23. The Morgan fingerprint density at radius 1 is 0.909 bits per heavy atom. The van der Waals surface area contributed by atoms with Crippen molar-refractivity contribution in [1.82, 2.24) is 0 Å². The summed E-state index contributed by atoms with van der Waals surface area (Å²) in [6, 6.07) is 0. The molecular weight excluding hydrogens is 251 g/mol. The van der Waals surface area contributed by atoms with Crippen molar-refractivity contribution in [2.24, 2.45) is 0 Å². The zero-order chi connectivity index (χ0) is 8.74. The Hall–Kier alpha value is 0.944. The van der Waals surface area contributed by atoms with Crippen LogP contribution < -0.4 is 0 Å². The van der Waals surface area contributed by atoms with Crippen LogP contribution in [-0.4, -0.2) is 19.8 Å². The van der Waals surface area contributed by atoms with E-state index in [-0.39, 0.29) is 0 Å². The zero-order valence-electron chi connectivity index (χ0n) is 7.17. The zero-order valence-corrected chi connectivity index (χ0v) is 10.2. The van der Waals surface area contributed by atoms with Crippen molar-refractivity contribution in [2.75, 3.05) is 19.8 Å². The van der Waals surface area contributed by atoms with Gasteiger partial charge >= 0.3 is 78.6 Å². The topological polar surface area (TPSA) is 27.7 Å². The van der Waals surface area contributed by atoms with Gasteiger partial charge in [-0.25, -0.2) is 0 Å². The van der Waals surface area contributed by atoms with Crippen LogP contribution in [0, 0.1) is 0 Å². The molecule has 0 aliphatic heterocycles. The first-order valence-electron chi connectivity index (χ1n) is 3.70. The average molecular weight is 266 g/mol. The number of hydrogen-bond donors (Lipinski definition) is 0. The Balaban J connectivity index is 3.79. The van der Waals surface area contributed by atoms with E-state index in [0.717, 1.165) is 0 Å². The molecular formula is C6H15BrO3V. The third-order valence-corrected chi connectivity index (χ3v) is 6.04. The Bertz CT molecular complexity index is 84.8. The molecule has 5 heteroatoms. The van der Waals surface area contributed by atoms with Gasteiger partial charge in [-0.1, -0.05) is 0 Å². The van der Waals surface area contributed by atoms with Gasteiger partial charge in [0.15, 0.2) is 0 Å². The van der Waals surface area contributed by atoms with Gasteiger partial charge in [0, 0.05) is 0 Å². The van der Waals surface area contributed by atoms with E-state index in [1.54, 1.807) is 0 Å². The molecule has 0 spiro atoms. The van der Waals surface area contributed by atoms with Crippen molar-refractivity contribution in [2.45, 2.75) is 20.8 Å². The van der Waals surface area contributed by atoms with Gasteiger partial charge in [0.05, 0.1) is 0 Å². The second-order valence-electron chi connectivity index (χ2n) is 1.68. The fourth-order valence-electron chi connectivity index (χ4n) is 0.574. The van der Waals surface area contributed by atoms with Crippen LogP contribution in [0.3, 0.4) is 0 Å². The molecule has 0 saturated heterocycles. The molecule has 0 N–H and O–H groups in total. The van der Waals surface area contributed by atoms with Crippen molar-refractivity contribution < 1.29 is 24.2 Å². The van der Waals surface area contributed by atoms with Crippen LogP contribution >= 0.6 is 13.8 Å². The van der Waals surface area contributed by atoms with E-state index in [0.29, 0.717) is 19.8 Å². The number of halogens is 1. The molecule has 0 atom stereocenters. The van der Waals surface area contributed by atoms with E-state index < -0.39 is 13.2 Å². The molecule has 0 amide bonds. The molecule has 0 heterocycles. The standard InChI is InChI=1S/3C2H5O.BrH.V/c3*1-2-3;;/h3*2H2,1H3;1H;/q3*-1;;+4/p-1. The summed E-state index contributed by atoms with van der Waals surface area (Å²) in [4.78, 5) is 0. The predicted molar refractivity (Wildman–Crippen MR) is 43.8 cm³/mol. The molecule has 3 nitrogen and oxygen atoms in total. The van der Waals surface area contributed by atoms with E-state index in [1.807, 2.05) is 20.8 Å². The van der Waals surface area contributed by atoms with Crippen LogP contribution in [-0.2, 0) is 24.2 Å². The quantitative estimate of drug-likeness (QED) is 0.738. The Morgan fingerprint density at radius 3 is 1.36 bits per heavy atom. The van der Waals surface area contributed by atoms with Gasteiger partial charge in [0.1, 0.15) is 0 Å². The van der Waals surface area contributed by atoms with Gasteiger partial charge in [-0.15, -0.1) is 0 Å². The molecule has 0 bridgehead atoms. The SMILES string of the molecule is CC[O][V]([Br])([O]CC)[O]CC. The summed E-state index contributed by atoms with van der Waals surface area (Å²) in [6.45, 7) is 7.65. The predicted octanol–water partition coefficient (Wildman–Crippen LogP) is 2.30. The molecule has 0 aromatic heterocycles. The Kier molecular flexibility index (Phi) is 7.01. The van der Waals surface area contributed by atoms with E-state index in [2.05, 4.69) is 13.8 Å². The average Bonchev–Trinajstić information content (AvgIpc) is 1.88. The summed E-state index contributed by atoms with van der Waals surface area (Å²) in [6.07, 6.45) is 0. The number of rotatable bonds is 6. The maximum absolute atomic E-state index is 5.35. The molecule has 0 fully saturated rings. The fraction of sp³-hybridized carbons (Fsp3) is 1.00. The molecule has 0 aromatic rings. The molecule has 0 unspecified atom stereocenters. The van der Waals surface area contributed by atoms with Crippen LogP contribution in [0.5, 0.6) is 0 Å². The van der Waals surface area contributed by atoms with Crippen LogP contribution in [0.4, 0.5) is 0 Å². The number of hydrogen-bond acceptors (Lipinski definition) is 3. The summed E-state index contributed by atoms with van der Waals surface area (Å²) in [7, 11) is 0. The van der Waals surface area contributed by atoms with Crippen molar-refractivity contribution in [1.29, 1.82) is 0 Å². The first-order chi connectivity index (χ1) is 5.18. The second-order valence-corrected chi connectivity index (χ2v) is 7.82. The molecule has 11 heavy (non-hydrogen) atoms. The van der Waals surface area contributed by atoms with Crippen LogP contribution in [0.1, 0.15) is 20.8 Å². The summed E-state index contributed by atoms with van der Waals surface area (Å²) >= 11 is 0.602. The Morgan fingerprint density at radius 2 is 1.18 bits per heavy atom. The second kappa shape index (κ2) is 6.46. The molecule has 0 radical (unpaired) electrons. The van der Waals surface area contributed by atoms with Crippen molar-refractivity contribution in [3.8, 4) is 0 Å². The van der Waals surface area contributed by atoms with Gasteiger partial charge in [-0.3, -0.25) is 0 Å². The molecule has 0 saturated carbocycles. The third-order valence-electron chi connectivity index (χ3n) is 0.850. The summed E-state index contributed by atoms with van der Waals surface area (Å²) in [5, 5.41) is 0. The Labute approximate surface area is 78.6 Å². The van der Waals surface area contributed by atoms with E-state index in [1.165, 1.54) is 0 Å². The molecule has 0 aliphatic rings. The first kappa shape index (κ1) is 11.9. The fourth-order valence-corrected chi connectivity index (χ4v) is 4.90. The van der Waals surface area contributed by atoms with E-state index in [9.17, 15) is 0 Å². The van der Waals surface area contributed by atoms with Gasteiger partial charge in [-0.2, -0.15) is 0 Å². The maximum atomic E-state index is 5.35. The normalized spacial score (nSPS) is 12.0. The van der Waals surface area contributed by atoms with E-state index in [4.69, 9.17) is 11.0 Å². The molecule has 0 aliphatic carbocycles. The molecule has 0 rings (SSSR count). The minimum absolute atomic E-state index is 0.623. The minimum atomic E-state index is -2.77. The van der Waals surface area contributed by atoms with E-state index >= 15 is 0 Å². The summed E-state index contributed by atoms with van der Waals surface area (Å²) in [5.41, 5.74) is 0. The summed E-state index contributed by atoms with van der Waals surface area (Å²) < 4.78 is 16.1. The molecule has 0 aromatic carbocycles. The van der Waals surface area contributed by atoms with Crippen molar-refractivity contribution >= 4 is 13.8 Å². The monoisotopic (exact) mass is 265 g/mol. The van der Waals surface area contributed by atoms with Gasteiger partial charge < -0.3 is 0 Å². The van der Waals surface area contributed by atoms with Crippen LogP contribution in [0.2, 0.25) is 0 Å². The first-order valence-corrected chi connectivity index (χ1v) is 8.87. The summed E-state index contributed by atoms with van der Waals surface area (Å²) in [5.74, 6) is 0. The van der Waals surface area contributed by atoms with Crippen LogP contribution in [0.15, 0.2) is 0 Å². The molecule has 69 valence electrons. The van der Waals surface area contributed by atoms with Gasteiger partial charge in [-0.05, 0) is 0 Å². The van der Waals surface area contributed by atoms with Crippen LogP contribution in [0.25, 0.3) is 0 Å².